The first-order valence-electron chi connectivity index (χ1n) is 5.43. The van der Waals surface area contributed by atoms with Gasteiger partial charge in [0.15, 0.2) is 0 Å². The summed E-state index contributed by atoms with van der Waals surface area (Å²) in [6.45, 7) is 0. The van der Waals surface area contributed by atoms with Crippen molar-refractivity contribution in [2.24, 2.45) is 0 Å². The molecule has 0 fully saturated rings. The zero-order valence-corrected chi connectivity index (χ0v) is 9.75. The molecule has 3 rings (SSSR count). The van der Waals surface area contributed by atoms with E-state index in [-0.39, 0.29) is 0 Å². The largest absolute Gasteiger partial charge is 0.497 e. The monoisotopic (exact) mass is 241 g/mol. The molecule has 2 N–H and O–H groups in total. The molecule has 0 aliphatic rings. The second-order valence-electron chi connectivity index (χ2n) is 3.84. The summed E-state index contributed by atoms with van der Waals surface area (Å²) < 4.78 is 10.7. The van der Waals surface area contributed by atoms with Crippen molar-refractivity contribution in [2.75, 3.05) is 12.8 Å². The van der Waals surface area contributed by atoms with E-state index in [2.05, 4.69) is 9.97 Å². The maximum Gasteiger partial charge on any atom is 0.247 e. The third kappa shape index (κ3) is 1.75. The van der Waals surface area contributed by atoms with Crippen LogP contribution in [0.3, 0.4) is 0 Å². The summed E-state index contributed by atoms with van der Waals surface area (Å²) in [5.74, 6) is 1.25. The number of oxazole rings is 1. The first kappa shape index (κ1) is 10.6. The third-order valence-corrected chi connectivity index (χ3v) is 2.59. The van der Waals surface area contributed by atoms with Crippen molar-refractivity contribution in [2.45, 2.75) is 0 Å². The molecule has 3 aromatic rings. The fourth-order valence-corrected chi connectivity index (χ4v) is 1.72. The fraction of sp³-hybridized carbons (Fsp3) is 0.0769. The molecule has 18 heavy (non-hydrogen) atoms. The van der Waals surface area contributed by atoms with Crippen molar-refractivity contribution < 1.29 is 9.15 Å². The lowest BCUT2D eigenvalue weighted by Crippen LogP contribution is -1.85. The molecule has 0 unspecified atom stereocenters. The molecule has 0 spiro atoms. The van der Waals surface area contributed by atoms with Crippen molar-refractivity contribution in [1.29, 1.82) is 0 Å². The van der Waals surface area contributed by atoms with Crippen LogP contribution in [0.4, 0.5) is 5.69 Å². The fourth-order valence-electron chi connectivity index (χ4n) is 1.72. The van der Waals surface area contributed by atoms with Crippen LogP contribution in [-0.2, 0) is 0 Å². The van der Waals surface area contributed by atoms with Crippen LogP contribution in [0.1, 0.15) is 0 Å². The van der Waals surface area contributed by atoms with E-state index in [0.29, 0.717) is 22.8 Å². The van der Waals surface area contributed by atoms with Crippen molar-refractivity contribution >= 4 is 16.9 Å². The number of anilines is 1. The first-order valence-corrected chi connectivity index (χ1v) is 5.43. The zero-order chi connectivity index (χ0) is 12.5. The smallest absolute Gasteiger partial charge is 0.247 e. The average molecular weight is 241 g/mol. The Morgan fingerprint density at radius 1 is 1.28 bits per heavy atom. The van der Waals surface area contributed by atoms with E-state index in [4.69, 9.17) is 14.9 Å². The van der Waals surface area contributed by atoms with Crippen LogP contribution in [0, 0.1) is 0 Å². The lowest BCUT2D eigenvalue weighted by Gasteiger charge is -2.00. The van der Waals surface area contributed by atoms with Gasteiger partial charge in [-0.25, -0.2) is 9.97 Å². The molecule has 90 valence electrons. The quantitative estimate of drug-likeness (QED) is 0.746. The van der Waals surface area contributed by atoms with E-state index in [1.54, 1.807) is 19.4 Å². The van der Waals surface area contributed by atoms with Crippen LogP contribution in [0.15, 0.2) is 40.9 Å². The Morgan fingerprint density at radius 2 is 2.17 bits per heavy atom. The third-order valence-electron chi connectivity index (χ3n) is 2.59. The van der Waals surface area contributed by atoms with Gasteiger partial charge >= 0.3 is 0 Å². The summed E-state index contributed by atoms with van der Waals surface area (Å²) in [4.78, 5) is 8.44. The highest BCUT2D eigenvalue weighted by atomic mass is 16.5. The molecule has 5 heteroatoms. The Bertz CT molecular complexity index is 706. The lowest BCUT2D eigenvalue weighted by molar-refractivity contribution is 0.415. The van der Waals surface area contributed by atoms with Crippen molar-refractivity contribution in [3.05, 3.63) is 36.5 Å². The minimum absolute atomic E-state index is 0.474. The van der Waals surface area contributed by atoms with Gasteiger partial charge in [0.05, 0.1) is 19.0 Å². The second kappa shape index (κ2) is 4.03. The Hall–Kier alpha value is -2.56. The summed E-state index contributed by atoms with van der Waals surface area (Å²) in [5.41, 5.74) is 8.18. The number of nitrogen functional groups attached to an aromatic ring is 1. The second-order valence-corrected chi connectivity index (χ2v) is 3.84. The molecule has 2 aromatic heterocycles. The summed E-state index contributed by atoms with van der Waals surface area (Å²) >= 11 is 0. The molecule has 0 amide bonds. The maximum absolute atomic E-state index is 5.65. The normalized spacial score (nSPS) is 10.7. The molecule has 0 aliphatic carbocycles. The number of nitrogens with two attached hydrogens (primary N) is 1. The minimum Gasteiger partial charge on any atom is -0.497 e. The van der Waals surface area contributed by atoms with Gasteiger partial charge in [0.2, 0.25) is 11.6 Å². The Kier molecular flexibility index (Phi) is 2.37. The Balaban J connectivity index is 2.13. The highest BCUT2D eigenvalue weighted by Crippen LogP contribution is 2.26. The van der Waals surface area contributed by atoms with Crippen molar-refractivity contribution in [3.63, 3.8) is 0 Å². The van der Waals surface area contributed by atoms with E-state index < -0.39 is 0 Å². The molecule has 5 nitrogen and oxygen atoms in total. The average Bonchev–Trinajstić information content (AvgIpc) is 2.81. The molecule has 1 aromatic carbocycles. The number of pyridine rings is 1. The van der Waals surface area contributed by atoms with Crippen LogP contribution >= 0.6 is 0 Å². The molecule has 0 bridgehead atoms. The van der Waals surface area contributed by atoms with Gasteiger partial charge in [-0.15, -0.1) is 0 Å². The van der Waals surface area contributed by atoms with Gasteiger partial charge < -0.3 is 14.9 Å². The standard InChI is InChI=1S/C13H11N3O2/c1-17-10-4-2-3-8(5-10)12-16-11-6-9(14)7-15-13(11)18-12/h2-7H,14H2,1H3. The highest BCUT2D eigenvalue weighted by Gasteiger charge is 2.09. The van der Waals surface area contributed by atoms with Gasteiger partial charge in [0, 0.05) is 5.56 Å². The minimum atomic E-state index is 0.474. The maximum atomic E-state index is 5.65. The molecule has 0 saturated heterocycles. The van der Waals surface area contributed by atoms with E-state index in [1.165, 1.54) is 0 Å². The number of aromatic nitrogens is 2. The number of methoxy groups -OCH3 is 1. The van der Waals surface area contributed by atoms with E-state index in [9.17, 15) is 0 Å². The lowest BCUT2D eigenvalue weighted by atomic mass is 10.2. The van der Waals surface area contributed by atoms with Crippen LogP contribution in [0.2, 0.25) is 0 Å². The van der Waals surface area contributed by atoms with E-state index in [0.717, 1.165) is 11.3 Å². The van der Waals surface area contributed by atoms with Gasteiger partial charge in [-0.2, -0.15) is 0 Å². The Morgan fingerprint density at radius 3 is 3.00 bits per heavy atom. The molecule has 0 saturated carbocycles. The van der Waals surface area contributed by atoms with Gasteiger partial charge in [-0.1, -0.05) is 6.07 Å². The van der Waals surface area contributed by atoms with Gasteiger partial charge in [0.1, 0.15) is 11.3 Å². The molecular weight excluding hydrogens is 230 g/mol. The van der Waals surface area contributed by atoms with E-state index in [1.807, 2.05) is 24.3 Å². The number of fused-ring (bicyclic) bond motifs is 1. The number of benzene rings is 1. The van der Waals surface area contributed by atoms with E-state index >= 15 is 0 Å². The first-order chi connectivity index (χ1) is 8.76. The number of rotatable bonds is 2. The molecule has 0 atom stereocenters. The van der Waals surface area contributed by atoms with Crippen LogP contribution < -0.4 is 10.5 Å². The predicted octanol–water partition coefficient (Wildman–Crippen LogP) is 2.48. The zero-order valence-electron chi connectivity index (χ0n) is 9.75. The molecular formula is C13H11N3O2. The SMILES string of the molecule is COc1cccc(-c2nc3cc(N)cnc3o2)c1. The van der Waals surface area contributed by atoms with Gasteiger partial charge in [-0.05, 0) is 24.3 Å². The Labute approximate surface area is 103 Å². The highest BCUT2D eigenvalue weighted by molar-refractivity contribution is 5.75. The number of hydrogen-bond donors (Lipinski definition) is 1. The van der Waals surface area contributed by atoms with Crippen molar-refractivity contribution in [1.82, 2.24) is 9.97 Å². The summed E-state index contributed by atoms with van der Waals surface area (Å²) in [6, 6.07) is 9.23. The number of hydrogen-bond acceptors (Lipinski definition) is 5. The molecule has 2 heterocycles. The summed E-state index contributed by atoms with van der Waals surface area (Å²) in [6.07, 6.45) is 1.54. The van der Waals surface area contributed by atoms with Gasteiger partial charge in [0.25, 0.3) is 0 Å². The molecule has 0 aliphatic heterocycles. The number of nitrogens with zero attached hydrogens (tertiary/aromatic N) is 2. The van der Waals surface area contributed by atoms with Crippen LogP contribution in [0.5, 0.6) is 5.75 Å². The topological polar surface area (TPSA) is 74.2 Å². The summed E-state index contributed by atoms with van der Waals surface area (Å²) in [7, 11) is 1.62. The van der Waals surface area contributed by atoms with Crippen molar-refractivity contribution in [3.8, 4) is 17.2 Å². The van der Waals surface area contributed by atoms with Crippen LogP contribution in [0.25, 0.3) is 22.7 Å². The summed E-state index contributed by atoms with van der Waals surface area (Å²) in [5, 5.41) is 0. The van der Waals surface area contributed by atoms with Crippen LogP contribution in [-0.4, -0.2) is 17.1 Å². The molecule has 0 radical (unpaired) electrons. The number of ether oxygens (including phenoxy) is 1. The predicted molar refractivity (Wildman–Crippen MR) is 68.2 cm³/mol. The van der Waals surface area contributed by atoms with Gasteiger partial charge in [-0.3, -0.25) is 0 Å².